The first-order valence-corrected chi connectivity index (χ1v) is 12.2. The topological polar surface area (TPSA) is 49.4 Å². The van der Waals surface area contributed by atoms with Gasteiger partial charge in [-0.15, -0.1) is 0 Å². The van der Waals surface area contributed by atoms with Gasteiger partial charge >= 0.3 is 0 Å². The van der Waals surface area contributed by atoms with E-state index in [-0.39, 0.29) is 18.2 Å². The maximum atomic E-state index is 13.8. The number of nitrogens with zero attached hydrogens (tertiary/aromatic N) is 1. The Hall–Kier alpha value is -3.40. The summed E-state index contributed by atoms with van der Waals surface area (Å²) in [5, 5.41) is 3.08. The zero-order chi connectivity index (χ0) is 24.3. The van der Waals surface area contributed by atoms with E-state index in [2.05, 4.69) is 12.2 Å². The standard InChI is InChI=1S/C30H36N2O2/c1-4-5-19-31-30(34)28(20-25-15-7-6-8-16-25)32(22-27-18-12-10-14-24(27)3)29(33)21-26-17-11-9-13-23(26)2/h6-18,28H,4-5,19-22H2,1-3H3,(H,31,34). The predicted octanol–water partition coefficient (Wildman–Crippen LogP) is 5.40. The molecule has 4 nitrogen and oxygen atoms in total. The van der Waals surface area contributed by atoms with E-state index in [1.54, 1.807) is 4.90 Å². The third kappa shape index (κ3) is 7.05. The molecule has 1 unspecified atom stereocenters. The van der Waals surface area contributed by atoms with Crippen LogP contribution in [0.2, 0.25) is 0 Å². The number of rotatable bonds is 11. The summed E-state index contributed by atoms with van der Waals surface area (Å²) in [6, 6.07) is 25.4. The van der Waals surface area contributed by atoms with Crippen LogP contribution in [0.5, 0.6) is 0 Å². The summed E-state index contributed by atoms with van der Waals surface area (Å²) < 4.78 is 0. The number of nitrogens with one attached hydrogen (secondary N) is 1. The lowest BCUT2D eigenvalue weighted by Gasteiger charge is -2.32. The Kier molecular flexibility index (Phi) is 9.45. The maximum absolute atomic E-state index is 13.8. The summed E-state index contributed by atoms with van der Waals surface area (Å²) in [5.74, 6) is -0.131. The summed E-state index contributed by atoms with van der Waals surface area (Å²) in [6.07, 6.45) is 2.66. The van der Waals surface area contributed by atoms with Crippen molar-refractivity contribution in [3.05, 3.63) is 107 Å². The van der Waals surface area contributed by atoms with E-state index in [9.17, 15) is 9.59 Å². The van der Waals surface area contributed by atoms with E-state index < -0.39 is 6.04 Å². The van der Waals surface area contributed by atoms with E-state index in [1.807, 2.05) is 92.7 Å². The second kappa shape index (κ2) is 12.7. The fourth-order valence-electron chi connectivity index (χ4n) is 4.10. The highest BCUT2D eigenvalue weighted by Gasteiger charge is 2.30. The summed E-state index contributed by atoms with van der Waals surface area (Å²) in [6.45, 7) is 7.19. The maximum Gasteiger partial charge on any atom is 0.243 e. The summed E-state index contributed by atoms with van der Waals surface area (Å²) in [5.41, 5.74) is 5.28. The minimum absolute atomic E-state index is 0.0378. The number of carbonyl (C=O) groups is 2. The molecule has 1 N–H and O–H groups in total. The Bertz CT molecular complexity index is 1080. The normalized spacial score (nSPS) is 11.6. The van der Waals surface area contributed by atoms with Crippen LogP contribution in [0.3, 0.4) is 0 Å². The molecule has 2 amide bonds. The highest BCUT2D eigenvalue weighted by Crippen LogP contribution is 2.19. The quantitative estimate of drug-likeness (QED) is 0.393. The van der Waals surface area contributed by atoms with Gasteiger partial charge in [0.05, 0.1) is 6.42 Å². The largest absolute Gasteiger partial charge is 0.354 e. The van der Waals surface area contributed by atoms with Crippen LogP contribution < -0.4 is 5.32 Å². The lowest BCUT2D eigenvalue weighted by atomic mass is 9.99. The molecule has 0 bridgehead atoms. The Morgan fingerprint density at radius 3 is 2.03 bits per heavy atom. The zero-order valence-electron chi connectivity index (χ0n) is 20.6. The van der Waals surface area contributed by atoms with Gasteiger partial charge in [-0.3, -0.25) is 9.59 Å². The van der Waals surface area contributed by atoms with E-state index in [1.165, 1.54) is 0 Å². The molecule has 0 saturated carbocycles. The zero-order valence-corrected chi connectivity index (χ0v) is 20.6. The van der Waals surface area contributed by atoms with E-state index in [4.69, 9.17) is 0 Å². The highest BCUT2D eigenvalue weighted by molar-refractivity contribution is 5.89. The van der Waals surface area contributed by atoms with Crippen molar-refractivity contribution in [2.24, 2.45) is 0 Å². The molecular weight excluding hydrogens is 420 g/mol. The van der Waals surface area contributed by atoms with Crippen molar-refractivity contribution in [1.82, 2.24) is 10.2 Å². The van der Waals surface area contributed by atoms with Crippen molar-refractivity contribution in [1.29, 1.82) is 0 Å². The summed E-state index contributed by atoms with van der Waals surface area (Å²) in [4.78, 5) is 29.0. The van der Waals surface area contributed by atoms with Crippen molar-refractivity contribution < 1.29 is 9.59 Å². The Morgan fingerprint density at radius 1 is 0.824 bits per heavy atom. The molecule has 34 heavy (non-hydrogen) atoms. The van der Waals surface area contributed by atoms with Gasteiger partial charge in [-0.1, -0.05) is 92.2 Å². The van der Waals surface area contributed by atoms with Crippen LogP contribution in [-0.2, 0) is 29.0 Å². The molecule has 0 saturated heterocycles. The number of hydrogen-bond donors (Lipinski definition) is 1. The van der Waals surface area contributed by atoms with Crippen LogP contribution in [0, 0.1) is 13.8 Å². The molecule has 0 aliphatic heterocycles. The molecule has 0 aromatic heterocycles. The molecule has 178 valence electrons. The monoisotopic (exact) mass is 456 g/mol. The van der Waals surface area contributed by atoms with Crippen molar-refractivity contribution in [2.75, 3.05) is 6.54 Å². The smallest absolute Gasteiger partial charge is 0.243 e. The molecule has 0 aliphatic carbocycles. The van der Waals surface area contributed by atoms with Crippen LogP contribution in [0.4, 0.5) is 0 Å². The average Bonchev–Trinajstić information content (AvgIpc) is 2.84. The molecule has 4 heteroatoms. The van der Waals surface area contributed by atoms with E-state index in [0.717, 1.165) is 40.7 Å². The van der Waals surface area contributed by atoms with Crippen molar-refractivity contribution in [3.8, 4) is 0 Å². The SMILES string of the molecule is CCCCNC(=O)C(Cc1ccccc1)N(Cc1ccccc1C)C(=O)Cc1ccccc1C. The molecule has 0 fully saturated rings. The lowest BCUT2D eigenvalue weighted by Crippen LogP contribution is -2.51. The van der Waals surface area contributed by atoms with Gasteiger partial charge in [0.15, 0.2) is 0 Å². The number of hydrogen-bond acceptors (Lipinski definition) is 2. The molecule has 0 spiro atoms. The van der Waals surface area contributed by atoms with Gasteiger partial charge < -0.3 is 10.2 Å². The summed E-state index contributed by atoms with van der Waals surface area (Å²) >= 11 is 0. The van der Waals surface area contributed by atoms with E-state index >= 15 is 0 Å². The minimum atomic E-state index is -0.588. The van der Waals surface area contributed by atoms with Crippen LogP contribution in [-0.4, -0.2) is 29.3 Å². The van der Waals surface area contributed by atoms with Crippen LogP contribution in [0.15, 0.2) is 78.9 Å². The molecule has 0 aliphatic rings. The molecular formula is C30H36N2O2. The lowest BCUT2D eigenvalue weighted by molar-refractivity contribution is -0.140. The second-order valence-electron chi connectivity index (χ2n) is 8.90. The van der Waals surface area contributed by atoms with Gasteiger partial charge in [0.1, 0.15) is 6.04 Å². The van der Waals surface area contributed by atoms with Gasteiger partial charge in [-0.05, 0) is 48.1 Å². The van der Waals surface area contributed by atoms with Crippen molar-refractivity contribution in [3.63, 3.8) is 0 Å². The first-order chi connectivity index (χ1) is 16.5. The number of unbranched alkanes of at least 4 members (excludes halogenated alkanes) is 1. The van der Waals surface area contributed by atoms with Crippen LogP contribution in [0.25, 0.3) is 0 Å². The first kappa shape index (κ1) is 25.2. The molecule has 0 radical (unpaired) electrons. The van der Waals surface area contributed by atoms with Gasteiger partial charge in [0.2, 0.25) is 11.8 Å². The number of aryl methyl sites for hydroxylation is 2. The van der Waals surface area contributed by atoms with Gasteiger partial charge in [-0.2, -0.15) is 0 Å². The molecule has 1 atom stereocenters. The first-order valence-electron chi connectivity index (χ1n) is 12.2. The fourth-order valence-corrected chi connectivity index (χ4v) is 4.10. The highest BCUT2D eigenvalue weighted by atomic mass is 16.2. The average molecular weight is 457 g/mol. The molecule has 0 heterocycles. The third-order valence-electron chi connectivity index (χ3n) is 6.31. The molecule has 3 rings (SSSR count). The third-order valence-corrected chi connectivity index (χ3v) is 6.31. The Morgan fingerprint density at radius 2 is 1.41 bits per heavy atom. The van der Waals surface area contributed by atoms with Gasteiger partial charge in [0.25, 0.3) is 0 Å². The van der Waals surface area contributed by atoms with Gasteiger partial charge in [0, 0.05) is 19.5 Å². The predicted molar refractivity (Wildman–Crippen MR) is 138 cm³/mol. The van der Waals surface area contributed by atoms with Gasteiger partial charge in [-0.25, -0.2) is 0 Å². The van der Waals surface area contributed by atoms with Crippen LogP contribution in [0.1, 0.15) is 47.6 Å². The number of amides is 2. The molecule has 3 aromatic carbocycles. The van der Waals surface area contributed by atoms with Crippen molar-refractivity contribution >= 4 is 11.8 Å². The number of carbonyl (C=O) groups excluding carboxylic acids is 2. The molecule has 3 aromatic rings. The summed E-state index contributed by atoms with van der Waals surface area (Å²) in [7, 11) is 0. The minimum Gasteiger partial charge on any atom is -0.354 e. The van der Waals surface area contributed by atoms with Crippen LogP contribution >= 0.6 is 0 Å². The van der Waals surface area contributed by atoms with E-state index in [0.29, 0.717) is 19.5 Å². The Labute approximate surface area is 204 Å². The Balaban J connectivity index is 1.96. The second-order valence-corrected chi connectivity index (χ2v) is 8.90. The fraction of sp³-hybridized carbons (Fsp3) is 0.333. The number of benzene rings is 3. The van der Waals surface area contributed by atoms with Crippen molar-refractivity contribution in [2.45, 2.75) is 59.0 Å².